The number of hydrogen-bond acceptors (Lipinski definition) is 3. The number of aryl methyl sites for hydroxylation is 1. The Hall–Kier alpha value is -2.37. The number of carbonyl (C=O) groups is 3. The van der Waals surface area contributed by atoms with Crippen molar-refractivity contribution in [2.24, 2.45) is 0 Å². The summed E-state index contributed by atoms with van der Waals surface area (Å²) in [5, 5.41) is 3.79. The molecule has 0 radical (unpaired) electrons. The van der Waals surface area contributed by atoms with Gasteiger partial charge in [0.1, 0.15) is 6.54 Å². The van der Waals surface area contributed by atoms with Crippen molar-refractivity contribution in [3.63, 3.8) is 0 Å². The molecule has 27 heavy (non-hydrogen) atoms. The minimum atomic E-state index is -0.452. The van der Waals surface area contributed by atoms with Gasteiger partial charge < -0.3 is 5.32 Å². The first-order valence-corrected chi connectivity index (χ1v) is 9.22. The molecule has 0 spiro atoms. The second-order valence-corrected chi connectivity index (χ2v) is 7.40. The molecule has 7 heteroatoms. The molecule has 0 saturated heterocycles. The fourth-order valence-corrected chi connectivity index (χ4v) is 3.87. The summed E-state index contributed by atoms with van der Waals surface area (Å²) in [5.74, 6) is -1.44. The van der Waals surface area contributed by atoms with Crippen LogP contribution in [-0.2, 0) is 4.79 Å². The molecule has 0 aromatic heterocycles. The molecule has 0 fully saturated rings. The van der Waals surface area contributed by atoms with Gasteiger partial charge in [0, 0.05) is 22.5 Å². The third-order valence-corrected chi connectivity index (χ3v) is 5.19. The highest BCUT2D eigenvalue weighted by Gasteiger charge is 2.36. The zero-order valence-corrected chi connectivity index (χ0v) is 16.4. The van der Waals surface area contributed by atoms with Crippen molar-refractivity contribution in [2.45, 2.75) is 19.8 Å². The van der Waals surface area contributed by atoms with E-state index in [9.17, 15) is 14.4 Å². The Morgan fingerprint density at radius 2 is 1.70 bits per heavy atom. The van der Waals surface area contributed by atoms with Crippen molar-refractivity contribution >= 4 is 40.9 Å². The van der Waals surface area contributed by atoms with Gasteiger partial charge in [-0.25, -0.2) is 0 Å². The number of fused-ring (bicyclic) bond motifs is 1. The van der Waals surface area contributed by atoms with Crippen LogP contribution in [-0.4, -0.2) is 35.7 Å². The Morgan fingerprint density at radius 1 is 1.07 bits per heavy atom. The summed E-state index contributed by atoms with van der Waals surface area (Å²) in [6.45, 7) is 3.69. The SMILES string of the molecule is Cc1ccc2c(c1)C(=O)N(CC(=O)NCC(C)c1c(Cl)cccc1Cl)C2=O. The minimum absolute atomic E-state index is 0.125. The van der Waals surface area contributed by atoms with Crippen molar-refractivity contribution in [2.75, 3.05) is 13.1 Å². The number of amides is 3. The molecule has 3 rings (SSSR count). The average molecular weight is 405 g/mol. The molecule has 1 unspecified atom stereocenters. The fourth-order valence-electron chi connectivity index (χ4n) is 3.10. The van der Waals surface area contributed by atoms with E-state index in [0.29, 0.717) is 21.2 Å². The van der Waals surface area contributed by atoms with Crippen LogP contribution < -0.4 is 5.32 Å². The summed E-state index contributed by atoms with van der Waals surface area (Å²) in [6.07, 6.45) is 0. The molecule has 2 aromatic carbocycles. The molecule has 140 valence electrons. The number of hydrogen-bond donors (Lipinski definition) is 1. The van der Waals surface area contributed by atoms with Crippen LogP contribution in [0.4, 0.5) is 0 Å². The zero-order valence-electron chi connectivity index (χ0n) is 14.9. The highest BCUT2D eigenvalue weighted by molar-refractivity contribution is 6.36. The summed E-state index contributed by atoms with van der Waals surface area (Å²) in [5.41, 5.74) is 2.29. The number of nitrogens with zero attached hydrogens (tertiary/aromatic N) is 1. The van der Waals surface area contributed by atoms with Crippen LogP contribution in [0.25, 0.3) is 0 Å². The van der Waals surface area contributed by atoms with Crippen molar-refractivity contribution in [3.8, 4) is 0 Å². The highest BCUT2D eigenvalue weighted by atomic mass is 35.5. The van der Waals surface area contributed by atoms with Crippen LogP contribution >= 0.6 is 23.2 Å². The van der Waals surface area contributed by atoms with Gasteiger partial charge in [0.15, 0.2) is 0 Å². The van der Waals surface area contributed by atoms with Gasteiger partial charge in [-0.15, -0.1) is 0 Å². The van der Waals surface area contributed by atoms with E-state index < -0.39 is 17.7 Å². The smallest absolute Gasteiger partial charge is 0.262 e. The summed E-state index contributed by atoms with van der Waals surface area (Å²) in [7, 11) is 0. The van der Waals surface area contributed by atoms with Crippen LogP contribution in [0.1, 0.15) is 44.7 Å². The molecule has 1 N–H and O–H groups in total. The van der Waals surface area contributed by atoms with Gasteiger partial charge in [-0.05, 0) is 36.8 Å². The lowest BCUT2D eigenvalue weighted by Gasteiger charge is -2.18. The van der Waals surface area contributed by atoms with Crippen LogP contribution in [0.3, 0.4) is 0 Å². The number of rotatable bonds is 5. The van der Waals surface area contributed by atoms with Gasteiger partial charge in [-0.1, -0.05) is 47.8 Å². The first-order chi connectivity index (χ1) is 12.8. The van der Waals surface area contributed by atoms with Crippen LogP contribution in [0, 0.1) is 6.92 Å². The maximum atomic E-state index is 12.4. The number of imide groups is 1. The lowest BCUT2D eigenvalue weighted by molar-refractivity contribution is -0.121. The first kappa shape index (κ1) is 19.4. The molecule has 0 saturated carbocycles. The predicted molar refractivity (Wildman–Crippen MR) is 104 cm³/mol. The van der Waals surface area contributed by atoms with Crippen LogP contribution in [0.2, 0.25) is 10.0 Å². The number of carbonyl (C=O) groups excluding carboxylic acids is 3. The van der Waals surface area contributed by atoms with Gasteiger partial charge in [-0.3, -0.25) is 19.3 Å². The summed E-state index contributed by atoms with van der Waals surface area (Å²) in [4.78, 5) is 38.1. The molecule has 0 bridgehead atoms. The lowest BCUT2D eigenvalue weighted by atomic mass is 10.0. The zero-order chi connectivity index (χ0) is 19.7. The normalized spacial score (nSPS) is 14.3. The Labute approximate surface area is 167 Å². The van der Waals surface area contributed by atoms with Gasteiger partial charge >= 0.3 is 0 Å². The molecule has 2 aromatic rings. The second kappa shape index (κ2) is 7.71. The maximum Gasteiger partial charge on any atom is 0.262 e. The highest BCUT2D eigenvalue weighted by Crippen LogP contribution is 2.31. The predicted octanol–water partition coefficient (Wildman–Crippen LogP) is 3.82. The molecule has 1 aliphatic rings. The van der Waals surface area contributed by atoms with E-state index in [4.69, 9.17) is 23.2 Å². The quantitative estimate of drug-likeness (QED) is 0.770. The molecule has 1 aliphatic heterocycles. The van der Waals surface area contributed by atoms with Crippen molar-refractivity contribution < 1.29 is 14.4 Å². The topological polar surface area (TPSA) is 66.5 Å². The first-order valence-electron chi connectivity index (χ1n) is 8.47. The van der Waals surface area contributed by atoms with E-state index in [1.54, 1.807) is 36.4 Å². The third-order valence-electron chi connectivity index (χ3n) is 4.53. The van der Waals surface area contributed by atoms with E-state index in [1.807, 2.05) is 13.8 Å². The largest absolute Gasteiger partial charge is 0.354 e. The van der Waals surface area contributed by atoms with Gasteiger partial charge in [-0.2, -0.15) is 0 Å². The molecule has 5 nitrogen and oxygen atoms in total. The van der Waals surface area contributed by atoms with E-state index in [1.165, 1.54) is 0 Å². The number of halogens is 2. The van der Waals surface area contributed by atoms with Gasteiger partial charge in [0.05, 0.1) is 11.1 Å². The Kier molecular flexibility index (Phi) is 5.53. The van der Waals surface area contributed by atoms with Gasteiger partial charge in [0.25, 0.3) is 11.8 Å². The molecular formula is C20H18Cl2N2O3. The second-order valence-electron chi connectivity index (χ2n) is 6.59. The molecular weight excluding hydrogens is 387 g/mol. The van der Waals surface area contributed by atoms with Gasteiger partial charge in [0.2, 0.25) is 5.91 Å². The fraction of sp³-hybridized carbons (Fsp3) is 0.250. The summed E-state index contributed by atoms with van der Waals surface area (Å²) < 4.78 is 0. The lowest BCUT2D eigenvalue weighted by Crippen LogP contribution is -2.41. The van der Waals surface area contributed by atoms with E-state index in [2.05, 4.69) is 5.32 Å². The Morgan fingerprint density at radius 3 is 2.37 bits per heavy atom. The molecule has 1 heterocycles. The minimum Gasteiger partial charge on any atom is -0.354 e. The van der Waals surface area contributed by atoms with E-state index >= 15 is 0 Å². The molecule has 3 amide bonds. The van der Waals surface area contributed by atoms with E-state index in [0.717, 1.165) is 16.0 Å². The van der Waals surface area contributed by atoms with Crippen molar-refractivity contribution in [1.29, 1.82) is 0 Å². The average Bonchev–Trinajstić information content (AvgIpc) is 2.84. The maximum absolute atomic E-state index is 12.4. The van der Waals surface area contributed by atoms with Crippen LogP contribution in [0.15, 0.2) is 36.4 Å². The third kappa shape index (κ3) is 3.84. The number of benzene rings is 2. The standard InChI is InChI=1S/C20H18Cl2N2O3/c1-11-6-7-13-14(8-11)20(27)24(19(13)26)10-17(25)23-9-12(2)18-15(21)4-3-5-16(18)22/h3-8,12H,9-10H2,1-2H3,(H,23,25). The van der Waals surface area contributed by atoms with Crippen molar-refractivity contribution in [3.05, 3.63) is 68.7 Å². The number of nitrogens with one attached hydrogen (secondary N) is 1. The summed E-state index contributed by atoms with van der Waals surface area (Å²) in [6, 6.07) is 10.3. The molecule has 0 aliphatic carbocycles. The van der Waals surface area contributed by atoms with Crippen molar-refractivity contribution in [1.82, 2.24) is 10.2 Å². The Bertz CT molecular complexity index is 923. The van der Waals surface area contributed by atoms with Crippen LogP contribution in [0.5, 0.6) is 0 Å². The molecule has 1 atom stereocenters. The van der Waals surface area contributed by atoms with E-state index in [-0.39, 0.29) is 19.0 Å². The monoisotopic (exact) mass is 404 g/mol. The Balaban J connectivity index is 1.63. The summed E-state index contributed by atoms with van der Waals surface area (Å²) >= 11 is 12.4.